The van der Waals surface area contributed by atoms with Crippen LogP contribution in [0.2, 0.25) is 5.02 Å². The van der Waals surface area contributed by atoms with Crippen LogP contribution in [0.5, 0.6) is 5.75 Å². The Hall–Kier alpha value is -2.49. The summed E-state index contributed by atoms with van der Waals surface area (Å²) in [7, 11) is 0. The van der Waals surface area contributed by atoms with Crippen molar-refractivity contribution in [1.29, 1.82) is 0 Å². The predicted molar refractivity (Wildman–Crippen MR) is 104 cm³/mol. The molecule has 26 heavy (non-hydrogen) atoms. The first-order valence-corrected chi connectivity index (χ1v) is 9.03. The molecule has 2 aromatic carbocycles. The molecule has 132 valence electrons. The third-order valence-electron chi connectivity index (χ3n) is 3.36. The second-order valence-electron chi connectivity index (χ2n) is 5.11. The zero-order valence-electron chi connectivity index (χ0n) is 12.8. The lowest BCUT2D eigenvalue weighted by Gasteiger charge is -2.02. The van der Waals surface area contributed by atoms with E-state index in [-0.39, 0.29) is 16.5 Å². The van der Waals surface area contributed by atoms with Crippen molar-refractivity contribution in [3.63, 3.8) is 0 Å². The number of phenols is 1. The van der Waals surface area contributed by atoms with Gasteiger partial charge in [-0.25, -0.2) is 5.43 Å². The summed E-state index contributed by atoms with van der Waals surface area (Å²) in [5.41, 5.74) is 2.64. The van der Waals surface area contributed by atoms with Crippen molar-refractivity contribution in [3.8, 4) is 5.75 Å². The van der Waals surface area contributed by atoms with Crippen LogP contribution < -0.4 is 5.43 Å². The van der Waals surface area contributed by atoms with Gasteiger partial charge in [0.05, 0.1) is 21.0 Å². The minimum absolute atomic E-state index is 0.0395. The Kier molecular flexibility index (Phi) is 5.21. The lowest BCUT2D eigenvalue weighted by atomic mass is 10.2. The van der Waals surface area contributed by atoms with Gasteiger partial charge in [0.25, 0.3) is 11.6 Å². The van der Waals surface area contributed by atoms with E-state index in [4.69, 9.17) is 11.6 Å². The summed E-state index contributed by atoms with van der Waals surface area (Å²) in [6, 6.07) is 9.08. The molecule has 3 aromatic rings. The zero-order chi connectivity index (χ0) is 18.8. The van der Waals surface area contributed by atoms with Crippen LogP contribution >= 0.6 is 38.9 Å². The van der Waals surface area contributed by atoms with Crippen molar-refractivity contribution in [3.05, 3.63) is 66.4 Å². The van der Waals surface area contributed by atoms with E-state index in [1.165, 1.54) is 35.8 Å². The molecule has 0 saturated carbocycles. The number of rotatable bonds is 4. The molecule has 0 aliphatic rings. The van der Waals surface area contributed by atoms with E-state index >= 15 is 0 Å². The second kappa shape index (κ2) is 7.40. The number of halogens is 2. The van der Waals surface area contributed by atoms with Crippen LogP contribution in [0.4, 0.5) is 5.69 Å². The molecule has 0 aliphatic heterocycles. The number of phenolic OH excluding ortho intramolecular Hbond substituents is 1. The van der Waals surface area contributed by atoms with Crippen molar-refractivity contribution in [2.45, 2.75) is 0 Å². The number of nitro groups is 1. The van der Waals surface area contributed by atoms with Gasteiger partial charge in [0.15, 0.2) is 0 Å². The minimum atomic E-state index is -0.489. The number of amides is 1. The van der Waals surface area contributed by atoms with Crippen LogP contribution in [0.3, 0.4) is 0 Å². The maximum absolute atomic E-state index is 12.2. The van der Waals surface area contributed by atoms with Gasteiger partial charge < -0.3 is 5.11 Å². The van der Waals surface area contributed by atoms with Gasteiger partial charge in [0, 0.05) is 32.3 Å². The van der Waals surface area contributed by atoms with Gasteiger partial charge in [-0.05, 0) is 24.3 Å². The summed E-state index contributed by atoms with van der Waals surface area (Å²) in [5.74, 6) is -0.618. The van der Waals surface area contributed by atoms with E-state index in [9.17, 15) is 20.0 Å². The highest BCUT2D eigenvalue weighted by molar-refractivity contribution is 9.10. The number of nitrogens with zero attached hydrogens (tertiary/aromatic N) is 2. The number of nitro benzene ring substituents is 1. The van der Waals surface area contributed by atoms with Gasteiger partial charge in [-0.15, -0.1) is 11.3 Å². The van der Waals surface area contributed by atoms with Crippen LogP contribution in [-0.4, -0.2) is 22.2 Å². The van der Waals surface area contributed by atoms with Gasteiger partial charge in [-0.1, -0.05) is 27.5 Å². The average molecular weight is 455 g/mol. The Bertz CT molecular complexity index is 1070. The van der Waals surface area contributed by atoms with Crippen LogP contribution in [0.15, 0.2) is 46.0 Å². The van der Waals surface area contributed by atoms with Crippen LogP contribution in [-0.2, 0) is 0 Å². The molecule has 0 atom stereocenters. The topological polar surface area (TPSA) is 105 Å². The fourth-order valence-corrected chi connectivity index (χ4v) is 3.92. The zero-order valence-corrected chi connectivity index (χ0v) is 15.9. The largest absolute Gasteiger partial charge is 0.506 e. The molecule has 1 aromatic heterocycles. The number of thiophene rings is 1. The molecule has 2 N–H and O–H groups in total. The van der Waals surface area contributed by atoms with E-state index in [2.05, 4.69) is 26.5 Å². The summed E-state index contributed by atoms with van der Waals surface area (Å²) in [6.07, 6.45) is 1.27. The molecule has 0 bridgehead atoms. The van der Waals surface area contributed by atoms with Gasteiger partial charge in [-0.2, -0.15) is 5.10 Å². The summed E-state index contributed by atoms with van der Waals surface area (Å²) in [4.78, 5) is 22.9. The molecule has 3 rings (SSSR count). The van der Waals surface area contributed by atoms with Crippen molar-refractivity contribution in [2.24, 2.45) is 5.10 Å². The number of carbonyl (C=O) groups excluding carboxylic acids is 1. The van der Waals surface area contributed by atoms with E-state index in [0.717, 1.165) is 4.70 Å². The highest BCUT2D eigenvalue weighted by atomic mass is 79.9. The maximum Gasteiger partial charge on any atom is 0.281 e. The summed E-state index contributed by atoms with van der Waals surface area (Å²) >= 11 is 10.3. The first-order valence-electron chi connectivity index (χ1n) is 7.04. The number of hydrogen-bond acceptors (Lipinski definition) is 6. The predicted octanol–water partition coefficient (Wildman–Crippen LogP) is 4.69. The minimum Gasteiger partial charge on any atom is -0.506 e. The van der Waals surface area contributed by atoms with Crippen LogP contribution in [0.1, 0.15) is 15.2 Å². The summed E-state index contributed by atoms with van der Waals surface area (Å²) in [6.45, 7) is 0. The van der Waals surface area contributed by atoms with E-state index in [1.54, 1.807) is 18.2 Å². The standard InChI is InChI=1S/C16H9BrClN3O4S/c17-10-3-9(15(22)12(18)6-10)7-19-20-16(23)14-5-8-4-11(21(24)25)1-2-13(8)26-14/h1-7,22H,(H,20,23). The second-order valence-corrected chi connectivity index (χ2v) is 7.52. The number of hydrogen-bond donors (Lipinski definition) is 2. The average Bonchev–Trinajstić information content (AvgIpc) is 3.02. The van der Waals surface area contributed by atoms with Crippen molar-refractivity contribution >= 4 is 66.8 Å². The quantitative estimate of drug-likeness (QED) is 0.339. The molecule has 1 heterocycles. The Morgan fingerprint density at radius 1 is 1.35 bits per heavy atom. The normalized spacial score (nSPS) is 11.2. The molecule has 0 unspecified atom stereocenters. The molecule has 7 nitrogen and oxygen atoms in total. The highest BCUT2D eigenvalue weighted by Gasteiger charge is 2.13. The van der Waals surface area contributed by atoms with E-state index in [1.807, 2.05) is 0 Å². The van der Waals surface area contributed by atoms with E-state index in [0.29, 0.717) is 20.3 Å². The number of benzene rings is 2. The molecule has 1 amide bonds. The monoisotopic (exact) mass is 453 g/mol. The maximum atomic E-state index is 12.2. The van der Waals surface area contributed by atoms with Crippen molar-refractivity contribution in [1.82, 2.24) is 5.43 Å². The molecular weight excluding hydrogens is 446 g/mol. The first-order chi connectivity index (χ1) is 12.3. The number of nitrogens with one attached hydrogen (secondary N) is 1. The summed E-state index contributed by atoms with van der Waals surface area (Å²) in [5, 5.41) is 25.2. The third kappa shape index (κ3) is 3.85. The Balaban J connectivity index is 1.78. The van der Waals surface area contributed by atoms with Crippen molar-refractivity contribution in [2.75, 3.05) is 0 Å². The van der Waals surface area contributed by atoms with Crippen LogP contribution in [0.25, 0.3) is 10.1 Å². The van der Waals surface area contributed by atoms with Gasteiger partial charge in [-0.3, -0.25) is 14.9 Å². The Morgan fingerprint density at radius 3 is 2.85 bits per heavy atom. The number of aromatic hydroxyl groups is 1. The molecule has 0 spiro atoms. The Morgan fingerprint density at radius 2 is 2.12 bits per heavy atom. The fourth-order valence-electron chi connectivity index (χ4n) is 2.16. The first kappa shape index (κ1) is 18.3. The summed E-state index contributed by atoms with van der Waals surface area (Å²) < 4.78 is 1.40. The lowest BCUT2D eigenvalue weighted by Crippen LogP contribution is -2.16. The third-order valence-corrected chi connectivity index (χ3v) is 5.22. The number of carbonyl (C=O) groups is 1. The fraction of sp³-hybridized carbons (Fsp3) is 0. The van der Waals surface area contributed by atoms with Crippen molar-refractivity contribution < 1.29 is 14.8 Å². The molecule has 0 aliphatic carbocycles. The lowest BCUT2D eigenvalue weighted by molar-refractivity contribution is -0.384. The number of non-ortho nitro benzene ring substituents is 1. The highest BCUT2D eigenvalue weighted by Crippen LogP contribution is 2.30. The molecule has 10 heteroatoms. The van der Waals surface area contributed by atoms with Gasteiger partial charge >= 0.3 is 0 Å². The smallest absolute Gasteiger partial charge is 0.281 e. The van der Waals surface area contributed by atoms with Gasteiger partial charge in [0.2, 0.25) is 0 Å². The Labute approximate surface area is 164 Å². The van der Waals surface area contributed by atoms with Crippen LogP contribution in [0, 0.1) is 10.1 Å². The molecule has 0 saturated heterocycles. The number of hydrazone groups is 1. The SMILES string of the molecule is O=C(NN=Cc1cc(Br)cc(Cl)c1O)c1cc2cc([N+](=O)[O-])ccc2s1. The molecule has 0 radical (unpaired) electrons. The molecular formula is C16H9BrClN3O4S. The van der Waals surface area contributed by atoms with E-state index < -0.39 is 10.8 Å². The molecule has 0 fully saturated rings. The van der Waals surface area contributed by atoms with Gasteiger partial charge in [0.1, 0.15) is 5.75 Å². The number of fused-ring (bicyclic) bond motifs is 1.